The Hall–Kier alpha value is -3.98. The second kappa shape index (κ2) is 9.11. The molecule has 3 aromatic heterocycles. The minimum Gasteiger partial charge on any atom is -0.443 e. The lowest BCUT2D eigenvalue weighted by Gasteiger charge is -2.07. The number of carbonyl (C=O) groups excluding carboxylic acids is 1. The number of nitrogens with zero attached hydrogens (tertiary/aromatic N) is 4. The van der Waals surface area contributed by atoms with E-state index in [9.17, 15) is 4.79 Å². The molecule has 5 aromatic rings. The predicted molar refractivity (Wildman–Crippen MR) is 130 cm³/mol. The summed E-state index contributed by atoms with van der Waals surface area (Å²) in [5, 5.41) is 12.3. The number of thioether (sulfide) groups is 1. The number of aromatic nitrogens is 4. The summed E-state index contributed by atoms with van der Waals surface area (Å²) in [5.41, 5.74) is 3.86. The second-order valence-electron chi connectivity index (χ2n) is 7.79. The Morgan fingerprint density at radius 3 is 2.47 bits per heavy atom. The minimum atomic E-state index is -0.255. The molecule has 1 N–H and O–H groups in total. The van der Waals surface area contributed by atoms with Crippen LogP contribution < -0.4 is 5.32 Å². The summed E-state index contributed by atoms with van der Waals surface area (Å²) in [6, 6.07) is 16.9. The number of furan rings is 1. The molecule has 0 saturated heterocycles. The van der Waals surface area contributed by atoms with Gasteiger partial charge in [0.25, 0.3) is 5.91 Å². The third kappa shape index (κ3) is 4.42. The first kappa shape index (κ1) is 21.8. The van der Waals surface area contributed by atoms with Crippen molar-refractivity contribution in [1.29, 1.82) is 0 Å². The molecule has 0 radical (unpaired) electrons. The molecule has 0 bridgehead atoms. The van der Waals surface area contributed by atoms with Gasteiger partial charge in [-0.2, -0.15) is 4.98 Å². The van der Waals surface area contributed by atoms with E-state index in [0.29, 0.717) is 45.2 Å². The number of fused-ring (bicyclic) bond motifs is 1. The molecule has 0 aliphatic heterocycles. The molecule has 0 fully saturated rings. The van der Waals surface area contributed by atoms with Gasteiger partial charge >= 0.3 is 0 Å². The third-order valence-electron chi connectivity index (χ3n) is 5.37. The topological polar surface area (TPSA) is 107 Å². The fraction of sp³-hybridized carbons (Fsp3) is 0.160. The number of hydrogen-bond acceptors (Lipinski definition) is 8. The summed E-state index contributed by atoms with van der Waals surface area (Å²) < 4.78 is 11.6. The van der Waals surface area contributed by atoms with E-state index in [1.54, 1.807) is 12.1 Å². The van der Waals surface area contributed by atoms with E-state index in [-0.39, 0.29) is 5.91 Å². The molecule has 9 heteroatoms. The molecule has 1 amide bonds. The normalized spacial score (nSPS) is 11.1. The van der Waals surface area contributed by atoms with Crippen molar-refractivity contribution in [2.45, 2.75) is 31.7 Å². The van der Waals surface area contributed by atoms with Crippen molar-refractivity contribution < 1.29 is 13.6 Å². The fourth-order valence-electron chi connectivity index (χ4n) is 3.41. The first-order valence-corrected chi connectivity index (χ1v) is 11.6. The van der Waals surface area contributed by atoms with Crippen LogP contribution in [0, 0.1) is 20.8 Å². The predicted octanol–water partition coefficient (Wildman–Crippen LogP) is 5.74. The largest absolute Gasteiger partial charge is 0.443 e. The molecular weight excluding hydrogens is 450 g/mol. The maximum absolute atomic E-state index is 12.8. The molecular formula is C25H21N5O3S. The van der Waals surface area contributed by atoms with Crippen LogP contribution in [0.15, 0.2) is 68.6 Å². The standard InChI is InChI=1S/C25H21N5O3S/c1-14-9-11-18(12-10-14)23-30-29-19(33-23)13-34-25-27-21(20-15(2)16(3)32-24(20)28-25)26-22(31)17-7-5-4-6-8-17/h4-12H,13H2,1-3H3,(H,26,27,28,31). The average Bonchev–Trinajstić information content (AvgIpc) is 3.43. The lowest BCUT2D eigenvalue weighted by atomic mass is 10.1. The van der Waals surface area contributed by atoms with Gasteiger partial charge in [0.15, 0.2) is 5.16 Å². The van der Waals surface area contributed by atoms with E-state index in [1.807, 2.05) is 63.2 Å². The molecule has 0 aliphatic carbocycles. The van der Waals surface area contributed by atoms with E-state index in [2.05, 4.69) is 25.5 Å². The van der Waals surface area contributed by atoms with Crippen molar-refractivity contribution in [3.05, 3.63) is 82.9 Å². The highest BCUT2D eigenvalue weighted by atomic mass is 32.2. The van der Waals surface area contributed by atoms with E-state index in [1.165, 1.54) is 11.8 Å². The summed E-state index contributed by atoms with van der Waals surface area (Å²) >= 11 is 1.32. The van der Waals surface area contributed by atoms with Crippen molar-refractivity contribution in [3.63, 3.8) is 0 Å². The maximum Gasteiger partial charge on any atom is 0.256 e. The van der Waals surface area contributed by atoms with Crippen molar-refractivity contribution in [2.24, 2.45) is 0 Å². The SMILES string of the molecule is Cc1ccc(-c2nnc(CSc3nc(NC(=O)c4ccccc4)c4c(C)c(C)oc4n3)o2)cc1. The zero-order valence-electron chi connectivity index (χ0n) is 18.8. The second-order valence-corrected chi connectivity index (χ2v) is 8.74. The summed E-state index contributed by atoms with van der Waals surface area (Å²) in [4.78, 5) is 21.9. The number of amides is 1. The number of aryl methyl sites for hydroxylation is 3. The van der Waals surface area contributed by atoms with Crippen LogP contribution in [0.4, 0.5) is 5.82 Å². The molecule has 0 saturated carbocycles. The van der Waals surface area contributed by atoms with Gasteiger partial charge in [-0.3, -0.25) is 4.79 Å². The molecule has 3 heterocycles. The van der Waals surface area contributed by atoms with Gasteiger partial charge in [-0.25, -0.2) is 4.98 Å². The highest BCUT2D eigenvalue weighted by Gasteiger charge is 2.19. The van der Waals surface area contributed by atoms with Gasteiger partial charge in [-0.15, -0.1) is 10.2 Å². The Kier molecular flexibility index (Phi) is 5.85. The van der Waals surface area contributed by atoms with Crippen LogP contribution in [0.5, 0.6) is 0 Å². The minimum absolute atomic E-state index is 0.255. The van der Waals surface area contributed by atoms with Gasteiger partial charge in [0.05, 0.1) is 11.1 Å². The monoisotopic (exact) mass is 471 g/mol. The molecule has 0 atom stereocenters. The zero-order chi connectivity index (χ0) is 23.7. The van der Waals surface area contributed by atoms with Crippen molar-refractivity contribution in [2.75, 3.05) is 5.32 Å². The Morgan fingerprint density at radius 2 is 1.71 bits per heavy atom. The van der Waals surface area contributed by atoms with E-state index < -0.39 is 0 Å². The van der Waals surface area contributed by atoms with Crippen LogP contribution in [0.3, 0.4) is 0 Å². The van der Waals surface area contributed by atoms with Gasteiger partial charge < -0.3 is 14.2 Å². The zero-order valence-corrected chi connectivity index (χ0v) is 19.6. The lowest BCUT2D eigenvalue weighted by molar-refractivity contribution is 0.102. The van der Waals surface area contributed by atoms with Gasteiger partial charge in [-0.1, -0.05) is 47.7 Å². The highest BCUT2D eigenvalue weighted by molar-refractivity contribution is 7.98. The summed E-state index contributed by atoms with van der Waals surface area (Å²) in [6.07, 6.45) is 0. The highest BCUT2D eigenvalue weighted by Crippen LogP contribution is 2.32. The maximum atomic E-state index is 12.8. The lowest BCUT2D eigenvalue weighted by Crippen LogP contribution is -2.13. The van der Waals surface area contributed by atoms with E-state index in [0.717, 1.165) is 22.5 Å². The number of anilines is 1. The Morgan fingerprint density at radius 1 is 0.941 bits per heavy atom. The summed E-state index contributed by atoms with van der Waals surface area (Å²) in [6.45, 7) is 5.80. The molecule has 2 aromatic carbocycles. The first-order chi connectivity index (χ1) is 16.5. The van der Waals surface area contributed by atoms with Gasteiger partial charge in [0, 0.05) is 16.7 Å². The van der Waals surface area contributed by atoms with Crippen molar-refractivity contribution >= 4 is 34.6 Å². The Bertz CT molecular complexity index is 1480. The molecule has 34 heavy (non-hydrogen) atoms. The summed E-state index contributed by atoms with van der Waals surface area (Å²) in [5.74, 6) is 2.15. The fourth-order valence-corrected chi connectivity index (χ4v) is 4.08. The van der Waals surface area contributed by atoms with Crippen LogP contribution in [0.2, 0.25) is 0 Å². The smallest absolute Gasteiger partial charge is 0.256 e. The van der Waals surface area contributed by atoms with Crippen molar-refractivity contribution in [1.82, 2.24) is 20.2 Å². The van der Waals surface area contributed by atoms with Crippen LogP contribution in [-0.4, -0.2) is 26.1 Å². The number of rotatable bonds is 6. The molecule has 0 spiro atoms. The van der Waals surface area contributed by atoms with E-state index in [4.69, 9.17) is 8.83 Å². The van der Waals surface area contributed by atoms with Crippen LogP contribution >= 0.6 is 11.8 Å². The molecule has 8 nitrogen and oxygen atoms in total. The number of hydrogen-bond donors (Lipinski definition) is 1. The number of benzene rings is 2. The third-order valence-corrected chi connectivity index (χ3v) is 6.20. The molecule has 5 rings (SSSR count). The van der Waals surface area contributed by atoms with Crippen molar-refractivity contribution in [3.8, 4) is 11.5 Å². The van der Waals surface area contributed by atoms with Gasteiger partial charge in [0.1, 0.15) is 11.6 Å². The van der Waals surface area contributed by atoms with Crippen LogP contribution in [0.25, 0.3) is 22.6 Å². The van der Waals surface area contributed by atoms with Crippen LogP contribution in [-0.2, 0) is 5.75 Å². The van der Waals surface area contributed by atoms with Gasteiger partial charge in [-0.05, 0) is 45.0 Å². The summed E-state index contributed by atoms with van der Waals surface area (Å²) in [7, 11) is 0. The number of nitrogens with one attached hydrogen (secondary N) is 1. The molecule has 0 aliphatic rings. The Labute approximate surface area is 199 Å². The van der Waals surface area contributed by atoms with E-state index >= 15 is 0 Å². The number of carbonyl (C=O) groups is 1. The van der Waals surface area contributed by atoms with Crippen LogP contribution in [0.1, 0.15) is 33.1 Å². The Balaban J connectivity index is 1.39. The quantitative estimate of drug-likeness (QED) is 0.247. The molecule has 170 valence electrons. The average molecular weight is 472 g/mol. The molecule has 0 unspecified atom stereocenters. The first-order valence-electron chi connectivity index (χ1n) is 10.6. The van der Waals surface area contributed by atoms with Gasteiger partial charge in [0.2, 0.25) is 17.5 Å².